The third-order valence-corrected chi connectivity index (χ3v) is 5.44. The van der Waals surface area contributed by atoms with Crippen LogP contribution in [-0.2, 0) is 0 Å². The molecule has 1 amide bonds. The highest BCUT2D eigenvalue weighted by atomic mass is 35.5. The lowest BCUT2D eigenvalue weighted by Crippen LogP contribution is -2.17. The maximum absolute atomic E-state index is 12.5. The van der Waals surface area contributed by atoms with Crippen LogP contribution in [0.1, 0.15) is 21.6 Å². The molecule has 0 bridgehead atoms. The Labute approximate surface area is 195 Å². The molecule has 0 aliphatic heterocycles. The van der Waals surface area contributed by atoms with Gasteiger partial charge in [-0.2, -0.15) is 5.10 Å². The highest BCUT2D eigenvalue weighted by Gasteiger charge is 2.11. The third kappa shape index (κ3) is 4.83. The first-order valence-electron chi connectivity index (χ1n) is 10.1. The molecule has 7 nitrogen and oxygen atoms in total. The predicted molar refractivity (Wildman–Crippen MR) is 129 cm³/mol. The van der Waals surface area contributed by atoms with Crippen molar-refractivity contribution >= 4 is 29.4 Å². The molecule has 1 heterocycles. The molecule has 0 saturated heterocycles. The second-order valence-corrected chi connectivity index (χ2v) is 7.68. The lowest BCUT2D eigenvalue weighted by atomic mass is 10.1. The number of aromatic nitrogens is 1. The normalized spacial score (nSPS) is 11.0. The first-order chi connectivity index (χ1) is 15.9. The van der Waals surface area contributed by atoms with Crippen molar-refractivity contribution in [3.8, 4) is 16.9 Å². The fourth-order valence-electron chi connectivity index (χ4n) is 3.45. The number of nitrogens with zero attached hydrogens (tertiary/aromatic N) is 3. The van der Waals surface area contributed by atoms with E-state index in [-0.39, 0.29) is 5.69 Å². The van der Waals surface area contributed by atoms with Crippen LogP contribution in [0, 0.1) is 17.0 Å². The summed E-state index contributed by atoms with van der Waals surface area (Å²) in [4.78, 5) is 22.9. The molecule has 0 atom stereocenters. The summed E-state index contributed by atoms with van der Waals surface area (Å²) in [5, 5.41) is 15.1. The van der Waals surface area contributed by atoms with Crippen molar-refractivity contribution in [3.05, 3.63) is 117 Å². The Morgan fingerprint density at radius 2 is 1.76 bits per heavy atom. The largest absolute Gasteiger partial charge is 0.314 e. The first kappa shape index (κ1) is 22.0. The summed E-state index contributed by atoms with van der Waals surface area (Å²) in [5.74, 6) is -0.410. The Hall–Kier alpha value is -4.23. The molecule has 3 aromatic carbocycles. The molecule has 0 aliphatic rings. The minimum Gasteiger partial charge on any atom is -0.314 e. The van der Waals surface area contributed by atoms with Gasteiger partial charge in [0.05, 0.1) is 16.8 Å². The van der Waals surface area contributed by atoms with Gasteiger partial charge < -0.3 is 4.57 Å². The summed E-state index contributed by atoms with van der Waals surface area (Å²) in [7, 11) is 0. The standard InChI is InChI=1S/C25H19ClN4O3/c1-17-7-14-24(18-5-3-2-4-6-18)29(17)21-10-8-19(9-11-21)25(31)28-27-16-20-15-22(30(32)33)12-13-23(20)26/h2-16H,1H3,(H,28,31)/b27-16+. The number of hydrogen-bond acceptors (Lipinski definition) is 4. The number of amides is 1. The van der Waals surface area contributed by atoms with Crippen molar-refractivity contribution in [1.82, 2.24) is 9.99 Å². The van der Waals surface area contributed by atoms with E-state index in [0.717, 1.165) is 22.6 Å². The topological polar surface area (TPSA) is 89.5 Å². The highest BCUT2D eigenvalue weighted by molar-refractivity contribution is 6.33. The summed E-state index contributed by atoms with van der Waals surface area (Å²) in [6.07, 6.45) is 1.27. The zero-order chi connectivity index (χ0) is 23.4. The number of benzene rings is 3. The molecule has 0 fully saturated rings. The van der Waals surface area contributed by atoms with Gasteiger partial charge >= 0.3 is 0 Å². The molecule has 0 spiro atoms. The van der Waals surface area contributed by atoms with Gasteiger partial charge in [-0.25, -0.2) is 5.43 Å². The molecule has 0 unspecified atom stereocenters. The number of carbonyl (C=O) groups excluding carboxylic acids is 1. The number of hydrazone groups is 1. The van der Waals surface area contributed by atoms with Crippen LogP contribution in [0.15, 0.2) is 90.0 Å². The molecular formula is C25H19ClN4O3. The number of nitro benzene ring substituents is 1. The van der Waals surface area contributed by atoms with Crippen LogP contribution in [0.2, 0.25) is 5.02 Å². The molecule has 0 aliphatic carbocycles. The van der Waals surface area contributed by atoms with E-state index in [1.54, 1.807) is 12.1 Å². The predicted octanol–water partition coefficient (Wildman–Crippen LogP) is 5.78. The fourth-order valence-corrected chi connectivity index (χ4v) is 3.61. The molecule has 33 heavy (non-hydrogen) atoms. The first-order valence-corrected chi connectivity index (χ1v) is 10.4. The van der Waals surface area contributed by atoms with Gasteiger partial charge in [0, 0.05) is 39.7 Å². The molecule has 164 valence electrons. The fraction of sp³-hybridized carbons (Fsp3) is 0.0400. The maximum Gasteiger partial charge on any atom is 0.271 e. The lowest BCUT2D eigenvalue weighted by molar-refractivity contribution is -0.384. The second kappa shape index (κ2) is 9.50. The van der Waals surface area contributed by atoms with Gasteiger partial charge in [-0.3, -0.25) is 14.9 Å². The summed E-state index contributed by atoms with van der Waals surface area (Å²) in [6.45, 7) is 2.03. The van der Waals surface area contributed by atoms with E-state index in [1.807, 2.05) is 37.3 Å². The number of carbonyl (C=O) groups is 1. The number of rotatable bonds is 6. The average molecular weight is 459 g/mol. The van der Waals surface area contributed by atoms with Gasteiger partial charge in [0.15, 0.2) is 0 Å². The number of non-ortho nitro benzene ring substituents is 1. The molecule has 4 aromatic rings. The van der Waals surface area contributed by atoms with Crippen LogP contribution in [0.25, 0.3) is 16.9 Å². The Kier molecular flexibility index (Phi) is 6.33. The van der Waals surface area contributed by atoms with E-state index in [9.17, 15) is 14.9 Å². The van der Waals surface area contributed by atoms with E-state index in [0.29, 0.717) is 16.1 Å². The maximum atomic E-state index is 12.5. The molecule has 0 radical (unpaired) electrons. The minimum absolute atomic E-state index is 0.113. The Bertz CT molecular complexity index is 1350. The van der Waals surface area contributed by atoms with Crippen molar-refractivity contribution in [2.75, 3.05) is 0 Å². The van der Waals surface area contributed by atoms with E-state index < -0.39 is 10.8 Å². The van der Waals surface area contributed by atoms with E-state index in [2.05, 4.69) is 39.4 Å². The van der Waals surface area contributed by atoms with Gasteiger partial charge in [-0.1, -0.05) is 41.9 Å². The number of hydrogen-bond donors (Lipinski definition) is 1. The Morgan fingerprint density at radius 3 is 2.45 bits per heavy atom. The number of aryl methyl sites for hydroxylation is 1. The van der Waals surface area contributed by atoms with Gasteiger partial charge in [0.2, 0.25) is 0 Å². The number of halogens is 1. The van der Waals surface area contributed by atoms with E-state index in [4.69, 9.17) is 11.6 Å². The van der Waals surface area contributed by atoms with Crippen LogP contribution in [0.3, 0.4) is 0 Å². The quantitative estimate of drug-likeness (QED) is 0.225. The smallest absolute Gasteiger partial charge is 0.271 e. The molecular weight excluding hydrogens is 440 g/mol. The number of nitro groups is 1. The van der Waals surface area contributed by atoms with Crippen LogP contribution in [0.5, 0.6) is 0 Å². The molecule has 1 N–H and O–H groups in total. The Balaban J connectivity index is 1.50. The summed E-state index contributed by atoms with van der Waals surface area (Å²) in [6, 6.07) is 25.4. The number of nitrogens with one attached hydrogen (secondary N) is 1. The van der Waals surface area contributed by atoms with Crippen molar-refractivity contribution in [3.63, 3.8) is 0 Å². The average Bonchev–Trinajstić information content (AvgIpc) is 3.22. The summed E-state index contributed by atoms with van der Waals surface area (Å²) < 4.78 is 2.12. The second-order valence-electron chi connectivity index (χ2n) is 7.27. The van der Waals surface area contributed by atoms with Crippen molar-refractivity contribution in [2.45, 2.75) is 6.92 Å². The van der Waals surface area contributed by atoms with Gasteiger partial charge in [-0.15, -0.1) is 0 Å². The minimum atomic E-state index is -0.524. The Morgan fingerprint density at radius 1 is 1.03 bits per heavy atom. The highest BCUT2D eigenvalue weighted by Crippen LogP contribution is 2.26. The third-order valence-electron chi connectivity index (χ3n) is 5.09. The van der Waals surface area contributed by atoms with Crippen LogP contribution >= 0.6 is 11.6 Å². The zero-order valence-electron chi connectivity index (χ0n) is 17.6. The molecule has 4 rings (SSSR count). The summed E-state index contributed by atoms with van der Waals surface area (Å²) in [5.41, 5.74) is 7.22. The molecule has 0 saturated carbocycles. The molecule has 8 heteroatoms. The van der Waals surface area contributed by atoms with Crippen LogP contribution < -0.4 is 5.43 Å². The zero-order valence-corrected chi connectivity index (χ0v) is 18.4. The van der Waals surface area contributed by atoms with E-state index >= 15 is 0 Å². The van der Waals surface area contributed by atoms with Crippen molar-refractivity contribution in [1.29, 1.82) is 0 Å². The van der Waals surface area contributed by atoms with Gasteiger partial charge in [0.25, 0.3) is 11.6 Å². The monoisotopic (exact) mass is 458 g/mol. The van der Waals surface area contributed by atoms with Crippen LogP contribution in [-0.4, -0.2) is 21.6 Å². The SMILES string of the molecule is Cc1ccc(-c2ccccc2)n1-c1ccc(C(=O)N/N=C/c2cc([N+](=O)[O-])ccc2Cl)cc1. The lowest BCUT2D eigenvalue weighted by Gasteiger charge is -2.12. The molecule has 1 aromatic heterocycles. The van der Waals surface area contributed by atoms with Gasteiger partial charge in [-0.05, 0) is 55.0 Å². The van der Waals surface area contributed by atoms with Gasteiger partial charge in [0.1, 0.15) is 0 Å². The summed E-state index contributed by atoms with van der Waals surface area (Å²) >= 11 is 6.04. The van der Waals surface area contributed by atoms with Crippen molar-refractivity contribution in [2.24, 2.45) is 5.10 Å². The van der Waals surface area contributed by atoms with Crippen LogP contribution in [0.4, 0.5) is 5.69 Å². The van der Waals surface area contributed by atoms with E-state index in [1.165, 1.54) is 24.4 Å². The van der Waals surface area contributed by atoms with Crippen molar-refractivity contribution < 1.29 is 9.72 Å².